The Morgan fingerprint density at radius 1 is 1.33 bits per heavy atom. The quantitative estimate of drug-likeness (QED) is 0.920. The lowest BCUT2D eigenvalue weighted by Gasteiger charge is -2.29. The van der Waals surface area contributed by atoms with Crippen molar-refractivity contribution in [3.05, 3.63) is 23.8 Å². The summed E-state index contributed by atoms with van der Waals surface area (Å²) in [6.45, 7) is 2.80. The monoisotopic (exact) mass is 290 g/mol. The van der Waals surface area contributed by atoms with E-state index in [9.17, 15) is 4.79 Å². The van der Waals surface area contributed by atoms with Crippen molar-refractivity contribution in [2.75, 3.05) is 33.4 Å². The molecule has 114 valence electrons. The molecule has 2 heterocycles. The SMILES string of the molecule is CN(CC1CCCCN1)C(=O)c1cccc2c1OCCO2. The number of piperidine rings is 1. The zero-order valence-electron chi connectivity index (χ0n) is 12.4. The lowest BCUT2D eigenvalue weighted by atomic mass is 10.0. The largest absolute Gasteiger partial charge is 0.486 e. The highest BCUT2D eigenvalue weighted by Gasteiger charge is 2.24. The molecule has 5 heteroatoms. The summed E-state index contributed by atoms with van der Waals surface area (Å²) in [7, 11) is 1.85. The molecule has 0 saturated carbocycles. The highest BCUT2D eigenvalue weighted by molar-refractivity contribution is 5.97. The number of hydrogen-bond donors (Lipinski definition) is 1. The zero-order chi connectivity index (χ0) is 14.7. The maximum absolute atomic E-state index is 12.7. The molecule has 1 amide bonds. The molecule has 0 radical (unpaired) electrons. The molecule has 0 bridgehead atoms. The second-order valence-corrected chi connectivity index (χ2v) is 5.66. The molecular weight excluding hydrogens is 268 g/mol. The number of likely N-dealkylation sites (N-methyl/N-ethyl adjacent to an activating group) is 1. The predicted octanol–water partition coefficient (Wildman–Crippen LogP) is 1.67. The van der Waals surface area contributed by atoms with Crippen LogP contribution in [-0.2, 0) is 0 Å². The van der Waals surface area contributed by atoms with Crippen LogP contribution in [0, 0.1) is 0 Å². The minimum atomic E-state index is -0.00952. The average molecular weight is 290 g/mol. The number of rotatable bonds is 3. The van der Waals surface area contributed by atoms with Gasteiger partial charge in [-0.3, -0.25) is 4.79 Å². The van der Waals surface area contributed by atoms with Gasteiger partial charge >= 0.3 is 0 Å². The van der Waals surface area contributed by atoms with Gasteiger partial charge in [-0.05, 0) is 31.5 Å². The molecule has 1 fully saturated rings. The highest BCUT2D eigenvalue weighted by atomic mass is 16.6. The van der Waals surface area contributed by atoms with Crippen LogP contribution in [0.1, 0.15) is 29.6 Å². The third-order valence-corrected chi connectivity index (χ3v) is 4.05. The molecule has 1 saturated heterocycles. The van der Waals surface area contributed by atoms with Crippen LogP contribution < -0.4 is 14.8 Å². The number of amides is 1. The van der Waals surface area contributed by atoms with E-state index >= 15 is 0 Å². The Morgan fingerprint density at radius 3 is 3.00 bits per heavy atom. The van der Waals surface area contributed by atoms with Gasteiger partial charge < -0.3 is 19.7 Å². The van der Waals surface area contributed by atoms with Crippen molar-refractivity contribution in [2.45, 2.75) is 25.3 Å². The number of fused-ring (bicyclic) bond motifs is 1. The Kier molecular flexibility index (Phi) is 4.29. The summed E-state index contributed by atoms with van der Waals surface area (Å²) in [6, 6.07) is 5.88. The van der Waals surface area contributed by atoms with E-state index in [1.54, 1.807) is 11.0 Å². The molecule has 21 heavy (non-hydrogen) atoms. The molecule has 5 nitrogen and oxygen atoms in total. The van der Waals surface area contributed by atoms with Gasteiger partial charge in [0.2, 0.25) is 0 Å². The lowest BCUT2D eigenvalue weighted by molar-refractivity contribution is 0.0765. The summed E-state index contributed by atoms with van der Waals surface area (Å²) < 4.78 is 11.2. The van der Waals surface area contributed by atoms with Crippen LogP contribution >= 0.6 is 0 Å². The van der Waals surface area contributed by atoms with Crippen molar-refractivity contribution < 1.29 is 14.3 Å². The average Bonchev–Trinajstić information content (AvgIpc) is 2.54. The van der Waals surface area contributed by atoms with Gasteiger partial charge in [0, 0.05) is 19.6 Å². The predicted molar refractivity (Wildman–Crippen MR) is 80.0 cm³/mol. The number of ether oxygens (including phenoxy) is 2. The summed E-state index contributed by atoms with van der Waals surface area (Å²) in [6.07, 6.45) is 3.59. The smallest absolute Gasteiger partial charge is 0.257 e. The van der Waals surface area contributed by atoms with E-state index in [2.05, 4.69) is 5.32 Å². The van der Waals surface area contributed by atoms with Gasteiger partial charge in [-0.1, -0.05) is 12.5 Å². The number of para-hydroxylation sites is 1. The fraction of sp³-hybridized carbons (Fsp3) is 0.562. The maximum Gasteiger partial charge on any atom is 0.257 e. The van der Waals surface area contributed by atoms with Crippen molar-refractivity contribution in [3.63, 3.8) is 0 Å². The van der Waals surface area contributed by atoms with Crippen molar-refractivity contribution in [1.29, 1.82) is 0 Å². The second kappa shape index (κ2) is 6.35. The van der Waals surface area contributed by atoms with E-state index in [-0.39, 0.29) is 5.91 Å². The minimum Gasteiger partial charge on any atom is -0.486 e. The molecule has 1 aromatic carbocycles. The maximum atomic E-state index is 12.7. The molecule has 2 aliphatic rings. The molecule has 0 aliphatic carbocycles. The number of benzene rings is 1. The first kappa shape index (κ1) is 14.2. The molecule has 0 aromatic heterocycles. The summed E-state index contributed by atoms with van der Waals surface area (Å²) in [5.74, 6) is 1.23. The fourth-order valence-electron chi connectivity index (χ4n) is 2.94. The first-order chi connectivity index (χ1) is 10.3. The normalized spacial score (nSPS) is 20.9. The Labute approximate surface area is 125 Å². The summed E-state index contributed by atoms with van der Waals surface area (Å²) >= 11 is 0. The lowest BCUT2D eigenvalue weighted by Crippen LogP contribution is -2.44. The van der Waals surface area contributed by atoms with Gasteiger partial charge in [-0.15, -0.1) is 0 Å². The molecule has 1 atom stereocenters. The van der Waals surface area contributed by atoms with E-state index in [1.807, 2.05) is 19.2 Å². The van der Waals surface area contributed by atoms with Gasteiger partial charge in [-0.2, -0.15) is 0 Å². The summed E-state index contributed by atoms with van der Waals surface area (Å²) in [5, 5.41) is 3.47. The van der Waals surface area contributed by atoms with Crippen LogP contribution in [-0.4, -0.2) is 50.2 Å². The van der Waals surface area contributed by atoms with E-state index in [0.717, 1.165) is 19.5 Å². The third kappa shape index (κ3) is 3.13. The van der Waals surface area contributed by atoms with Crippen molar-refractivity contribution in [3.8, 4) is 11.5 Å². The molecule has 1 unspecified atom stereocenters. The van der Waals surface area contributed by atoms with Gasteiger partial charge in [-0.25, -0.2) is 0 Å². The van der Waals surface area contributed by atoms with E-state index in [4.69, 9.17) is 9.47 Å². The third-order valence-electron chi connectivity index (χ3n) is 4.05. The summed E-state index contributed by atoms with van der Waals surface area (Å²) in [5.41, 5.74) is 0.588. The van der Waals surface area contributed by atoms with E-state index in [0.29, 0.717) is 36.3 Å². The number of carbonyl (C=O) groups is 1. The topological polar surface area (TPSA) is 50.8 Å². The number of carbonyl (C=O) groups excluding carboxylic acids is 1. The van der Waals surface area contributed by atoms with Crippen LogP contribution in [0.2, 0.25) is 0 Å². The summed E-state index contributed by atoms with van der Waals surface area (Å²) in [4.78, 5) is 14.4. The number of nitrogens with one attached hydrogen (secondary N) is 1. The molecule has 0 spiro atoms. The molecular formula is C16H22N2O3. The number of nitrogens with zero attached hydrogens (tertiary/aromatic N) is 1. The molecule has 3 rings (SSSR count). The molecule has 2 aliphatic heterocycles. The Balaban J connectivity index is 1.72. The van der Waals surface area contributed by atoms with Crippen molar-refractivity contribution >= 4 is 5.91 Å². The zero-order valence-corrected chi connectivity index (χ0v) is 12.4. The van der Waals surface area contributed by atoms with E-state index in [1.165, 1.54) is 12.8 Å². The van der Waals surface area contributed by atoms with Gasteiger partial charge in [0.25, 0.3) is 5.91 Å². The van der Waals surface area contributed by atoms with Gasteiger partial charge in [0.05, 0.1) is 5.56 Å². The fourth-order valence-corrected chi connectivity index (χ4v) is 2.94. The minimum absolute atomic E-state index is 0.00952. The highest BCUT2D eigenvalue weighted by Crippen LogP contribution is 2.34. The van der Waals surface area contributed by atoms with Crippen LogP contribution in [0.25, 0.3) is 0 Å². The van der Waals surface area contributed by atoms with Crippen LogP contribution in [0.4, 0.5) is 0 Å². The number of hydrogen-bond acceptors (Lipinski definition) is 4. The first-order valence-corrected chi connectivity index (χ1v) is 7.63. The van der Waals surface area contributed by atoms with Crippen LogP contribution in [0.3, 0.4) is 0 Å². The van der Waals surface area contributed by atoms with Gasteiger partial charge in [0.1, 0.15) is 13.2 Å². The first-order valence-electron chi connectivity index (χ1n) is 7.63. The van der Waals surface area contributed by atoms with Crippen LogP contribution in [0.15, 0.2) is 18.2 Å². The van der Waals surface area contributed by atoms with Crippen molar-refractivity contribution in [2.24, 2.45) is 0 Å². The Bertz CT molecular complexity index is 512. The van der Waals surface area contributed by atoms with E-state index < -0.39 is 0 Å². The van der Waals surface area contributed by atoms with Crippen molar-refractivity contribution in [1.82, 2.24) is 10.2 Å². The second-order valence-electron chi connectivity index (χ2n) is 5.66. The standard InChI is InChI=1S/C16H22N2O3/c1-18(11-12-5-2-3-8-17-12)16(19)13-6-4-7-14-15(13)21-10-9-20-14/h4,6-7,12,17H,2-3,5,8-11H2,1H3. The van der Waals surface area contributed by atoms with Gasteiger partial charge in [0.15, 0.2) is 11.5 Å². The molecule has 1 N–H and O–H groups in total. The Hall–Kier alpha value is -1.75. The molecule has 1 aromatic rings. The Morgan fingerprint density at radius 2 is 2.19 bits per heavy atom. The van der Waals surface area contributed by atoms with Crippen LogP contribution in [0.5, 0.6) is 11.5 Å².